The molecule has 6 nitrogen and oxygen atoms in total. The first kappa shape index (κ1) is 22.6. The number of nitrogens with one attached hydrogen (secondary N) is 1. The summed E-state index contributed by atoms with van der Waals surface area (Å²) in [5, 5.41) is 0.275. The van der Waals surface area contributed by atoms with Crippen molar-refractivity contribution >= 4 is 21.6 Å². The summed E-state index contributed by atoms with van der Waals surface area (Å²) in [5.74, 6) is 0.299. The Balaban J connectivity index is 1.57. The van der Waals surface area contributed by atoms with Gasteiger partial charge in [-0.2, -0.15) is 13.2 Å². The van der Waals surface area contributed by atoms with E-state index in [1.165, 1.54) is 31.4 Å². The zero-order valence-corrected chi connectivity index (χ0v) is 17.5. The third-order valence-corrected chi connectivity index (χ3v) is 6.54. The smallest absolute Gasteiger partial charge is 0.417 e. The van der Waals surface area contributed by atoms with E-state index in [4.69, 9.17) is 21.1 Å². The SMILES string of the molecule is COc1ccc(Cl)cc1S(=O)(=O)NC1CCC(Oc2ccc(C(F)(F)F)cn2)CC1. The first-order valence-corrected chi connectivity index (χ1v) is 11.0. The topological polar surface area (TPSA) is 77.5 Å². The van der Waals surface area contributed by atoms with Gasteiger partial charge in [-0.3, -0.25) is 0 Å². The van der Waals surface area contributed by atoms with E-state index in [0.717, 1.165) is 12.3 Å². The zero-order valence-electron chi connectivity index (χ0n) is 15.9. The van der Waals surface area contributed by atoms with Gasteiger partial charge in [0.2, 0.25) is 15.9 Å². The molecule has 0 unspecified atom stereocenters. The zero-order chi connectivity index (χ0) is 21.9. The molecule has 1 heterocycles. The van der Waals surface area contributed by atoms with Crippen molar-refractivity contribution in [1.82, 2.24) is 9.71 Å². The second-order valence-corrected chi connectivity index (χ2v) is 9.01. The lowest BCUT2D eigenvalue weighted by atomic mass is 9.94. The molecule has 30 heavy (non-hydrogen) atoms. The van der Waals surface area contributed by atoms with Crippen LogP contribution in [-0.2, 0) is 16.2 Å². The summed E-state index contributed by atoms with van der Waals surface area (Å²) in [6.07, 6.45) is -1.90. The minimum absolute atomic E-state index is 0.0372. The van der Waals surface area contributed by atoms with Gasteiger partial charge in [-0.25, -0.2) is 18.1 Å². The number of halogens is 4. The standard InChI is InChI=1S/C19H20ClF3N2O4S/c1-28-16-8-3-13(20)10-17(16)30(26,27)25-14-4-6-15(7-5-14)29-18-9-2-12(11-24-18)19(21,22)23/h2-3,8-11,14-15,25H,4-7H2,1H3. The molecule has 1 N–H and O–H groups in total. The number of nitrogens with zero attached hydrogens (tertiary/aromatic N) is 1. The molecule has 0 amide bonds. The lowest BCUT2D eigenvalue weighted by Crippen LogP contribution is -2.39. The second-order valence-electron chi connectivity index (χ2n) is 6.89. The van der Waals surface area contributed by atoms with Gasteiger partial charge in [-0.1, -0.05) is 11.6 Å². The van der Waals surface area contributed by atoms with Crippen molar-refractivity contribution in [3.63, 3.8) is 0 Å². The van der Waals surface area contributed by atoms with E-state index in [0.29, 0.717) is 25.7 Å². The lowest BCUT2D eigenvalue weighted by molar-refractivity contribution is -0.137. The summed E-state index contributed by atoms with van der Waals surface area (Å²) in [7, 11) is -2.46. The Labute approximate surface area is 177 Å². The van der Waals surface area contributed by atoms with Crippen molar-refractivity contribution in [2.75, 3.05) is 7.11 Å². The molecule has 0 radical (unpaired) electrons. The molecule has 0 atom stereocenters. The molecule has 1 aliphatic carbocycles. The van der Waals surface area contributed by atoms with Crippen molar-refractivity contribution in [3.8, 4) is 11.6 Å². The normalized spacial score (nSPS) is 20.0. The molecule has 0 aliphatic heterocycles. The summed E-state index contributed by atoms with van der Waals surface area (Å²) < 4.78 is 76.7. The Morgan fingerprint density at radius 3 is 2.40 bits per heavy atom. The van der Waals surface area contributed by atoms with Crippen molar-refractivity contribution in [3.05, 3.63) is 47.1 Å². The number of hydrogen-bond donors (Lipinski definition) is 1. The molecular formula is C19H20ClF3N2O4S. The van der Waals surface area contributed by atoms with Crippen LogP contribution in [0.5, 0.6) is 11.6 Å². The van der Waals surface area contributed by atoms with Gasteiger partial charge in [0.1, 0.15) is 16.7 Å². The molecule has 11 heteroatoms. The number of rotatable bonds is 6. The molecule has 1 saturated carbocycles. The van der Waals surface area contributed by atoms with E-state index in [1.807, 2.05) is 0 Å². The lowest BCUT2D eigenvalue weighted by Gasteiger charge is -2.29. The van der Waals surface area contributed by atoms with E-state index >= 15 is 0 Å². The van der Waals surface area contributed by atoms with E-state index < -0.39 is 21.8 Å². The number of pyridine rings is 1. The van der Waals surface area contributed by atoms with Crippen LogP contribution in [0.3, 0.4) is 0 Å². The fourth-order valence-corrected chi connectivity index (χ4v) is 4.97. The fourth-order valence-electron chi connectivity index (χ4n) is 3.23. The quantitative estimate of drug-likeness (QED) is 0.684. The van der Waals surface area contributed by atoms with Crippen LogP contribution in [0.25, 0.3) is 0 Å². The number of sulfonamides is 1. The largest absolute Gasteiger partial charge is 0.495 e. The predicted molar refractivity (Wildman–Crippen MR) is 104 cm³/mol. The minimum Gasteiger partial charge on any atom is -0.495 e. The van der Waals surface area contributed by atoms with Gasteiger partial charge in [-0.05, 0) is 49.9 Å². The van der Waals surface area contributed by atoms with Gasteiger partial charge >= 0.3 is 6.18 Å². The number of ether oxygens (including phenoxy) is 2. The van der Waals surface area contributed by atoms with Crippen LogP contribution in [0, 0.1) is 0 Å². The first-order chi connectivity index (χ1) is 14.1. The highest BCUT2D eigenvalue weighted by molar-refractivity contribution is 7.89. The summed E-state index contributed by atoms with van der Waals surface area (Å²) in [5.41, 5.74) is -0.843. The van der Waals surface area contributed by atoms with Gasteiger partial charge in [0.25, 0.3) is 0 Å². The Morgan fingerprint density at radius 2 is 1.83 bits per heavy atom. The molecular weight excluding hydrogens is 445 g/mol. The maximum absolute atomic E-state index is 12.7. The number of alkyl halides is 3. The van der Waals surface area contributed by atoms with Crippen molar-refractivity contribution in [2.24, 2.45) is 0 Å². The highest BCUT2D eigenvalue weighted by atomic mass is 35.5. The maximum atomic E-state index is 12.7. The summed E-state index contributed by atoms with van der Waals surface area (Å²) >= 11 is 5.92. The van der Waals surface area contributed by atoms with Gasteiger partial charge in [0.15, 0.2) is 0 Å². The highest BCUT2D eigenvalue weighted by Gasteiger charge is 2.31. The first-order valence-electron chi connectivity index (χ1n) is 9.14. The van der Waals surface area contributed by atoms with Crippen LogP contribution in [0.15, 0.2) is 41.4 Å². The highest BCUT2D eigenvalue weighted by Crippen LogP contribution is 2.31. The van der Waals surface area contributed by atoms with Crippen LogP contribution in [0.2, 0.25) is 5.02 Å². The number of methoxy groups -OCH3 is 1. The monoisotopic (exact) mass is 464 g/mol. The average Bonchev–Trinajstić information content (AvgIpc) is 2.69. The van der Waals surface area contributed by atoms with Gasteiger partial charge in [0.05, 0.1) is 12.7 Å². The Kier molecular flexibility index (Phi) is 6.78. The van der Waals surface area contributed by atoms with Crippen LogP contribution in [0.4, 0.5) is 13.2 Å². The molecule has 1 aromatic heterocycles. The molecule has 1 aromatic carbocycles. The average molecular weight is 465 g/mol. The van der Waals surface area contributed by atoms with Crippen LogP contribution >= 0.6 is 11.6 Å². The third-order valence-electron chi connectivity index (χ3n) is 4.76. The maximum Gasteiger partial charge on any atom is 0.417 e. The Bertz CT molecular complexity index is 976. The van der Waals surface area contributed by atoms with E-state index in [-0.39, 0.29) is 33.7 Å². The van der Waals surface area contributed by atoms with Crippen molar-refractivity contribution < 1.29 is 31.1 Å². The van der Waals surface area contributed by atoms with E-state index in [9.17, 15) is 21.6 Å². The number of hydrogen-bond acceptors (Lipinski definition) is 5. The van der Waals surface area contributed by atoms with E-state index in [2.05, 4.69) is 9.71 Å². The number of aromatic nitrogens is 1. The minimum atomic E-state index is -4.45. The molecule has 1 aliphatic rings. The fraction of sp³-hybridized carbons (Fsp3) is 0.421. The second kappa shape index (κ2) is 8.99. The molecule has 3 rings (SSSR count). The van der Waals surface area contributed by atoms with Gasteiger partial charge < -0.3 is 9.47 Å². The number of benzene rings is 1. The molecule has 0 saturated heterocycles. The Morgan fingerprint density at radius 1 is 1.13 bits per heavy atom. The van der Waals surface area contributed by atoms with Gasteiger partial charge in [0, 0.05) is 23.3 Å². The molecule has 0 bridgehead atoms. The summed E-state index contributed by atoms with van der Waals surface area (Å²) in [4.78, 5) is 3.67. The molecule has 2 aromatic rings. The molecule has 0 spiro atoms. The van der Waals surface area contributed by atoms with Crippen molar-refractivity contribution in [1.29, 1.82) is 0 Å². The molecule has 1 fully saturated rings. The van der Waals surface area contributed by atoms with Crippen LogP contribution < -0.4 is 14.2 Å². The van der Waals surface area contributed by atoms with Gasteiger partial charge in [-0.15, -0.1) is 0 Å². The summed E-state index contributed by atoms with van der Waals surface area (Å²) in [6, 6.07) is 6.15. The van der Waals surface area contributed by atoms with Crippen LogP contribution in [-0.4, -0.2) is 32.7 Å². The summed E-state index contributed by atoms with van der Waals surface area (Å²) in [6.45, 7) is 0. The third kappa shape index (κ3) is 5.55. The van der Waals surface area contributed by atoms with Crippen LogP contribution in [0.1, 0.15) is 31.2 Å². The predicted octanol–water partition coefficient (Wildman–Crippen LogP) is 4.43. The van der Waals surface area contributed by atoms with E-state index in [1.54, 1.807) is 0 Å². The van der Waals surface area contributed by atoms with Crippen molar-refractivity contribution in [2.45, 2.75) is 48.9 Å². The molecule has 164 valence electrons. The Hall–Kier alpha value is -2.04.